The third-order valence-corrected chi connectivity index (χ3v) is 10.4. The zero-order valence-corrected chi connectivity index (χ0v) is 19.7. The maximum Gasteiger partial charge on any atom is 0.331 e. The van der Waals surface area contributed by atoms with Crippen LogP contribution in [0.4, 0.5) is 0 Å². The molecule has 0 radical (unpaired) electrons. The van der Waals surface area contributed by atoms with Crippen LogP contribution in [0.3, 0.4) is 0 Å². The Morgan fingerprint density at radius 3 is 2.55 bits per heavy atom. The van der Waals surface area contributed by atoms with Gasteiger partial charge in [0.25, 0.3) is 0 Å². The summed E-state index contributed by atoms with van der Waals surface area (Å²) in [5.41, 5.74) is 3.22. The molecule has 0 spiro atoms. The number of carbonyl (C=O) groups excluding carboxylic acids is 2. The Hall–Kier alpha value is -1.65. The minimum absolute atomic E-state index is 0.0600. The average Bonchev–Trinajstić information content (AvgIpc) is 3.38. The van der Waals surface area contributed by atoms with E-state index < -0.39 is 0 Å². The Labute approximate surface area is 186 Å². The number of hydrogen-bond acceptors (Lipinski definition) is 5. The molecule has 0 N–H and O–H groups in total. The fourth-order valence-electron chi connectivity index (χ4n) is 8.96. The Kier molecular flexibility index (Phi) is 4.74. The van der Waals surface area contributed by atoms with Gasteiger partial charge >= 0.3 is 11.9 Å². The summed E-state index contributed by atoms with van der Waals surface area (Å²) in [5.74, 6) is 2.37. The number of esters is 1. The second kappa shape index (κ2) is 6.92. The van der Waals surface area contributed by atoms with Gasteiger partial charge in [0.05, 0.1) is 5.71 Å². The zero-order valence-electron chi connectivity index (χ0n) is 19.7. The van der Waals surface area contributed by atoms with Crippen LogP contribution >= 0.6 is 0 Å². The van der Waals surface area contributed by atoms with Crippen molar-refractivity contribution in [2.24, 2.45) is 45.1 Å². The highest BCUT2D eigenvalue weighted by atomic mass is 16.7. The number of rotatable bonds is 3. The van der Waals surface area contributed by atoms with Gasteiger partial charge in [0.2, 0.25) is 0 Å². The number of nitrogens with zero attached hydrogens (tertiary/aromatic N) is 1. The van der Waals surface area contributed by atoms with E-state index in [9.17, 15) is 9.59 Å². The molecule has 4 fully saturated rings. The molecule has 0 aliphatic heterocycles. The molecule has 4 saturated carbocycles. The van der Waals surface area contributed by atoms with E-state index in [0.29, 0.717) is 11.8 Å². The summed E-state index contributed by atoms with van der Waals surface area (Å²) in [6.07, 6.45) is 11.8. The summed E-state index contributed by atoms with van der Waals surface area (Å²) in [6, 6.07) is 0. The lowest BCUT2D eigenvalue weighted by atomic mass is 9.46. The lowest BCUT2D eigenvalue weighted by Gasteiger charge is -2.59. The third kappa shape index (κ3) is 2.90. The second-order valence-electron chi connectivity index (χ2n) is 11.6. The van der Waals surface area contributed by atoms with Crippen molar-refractivity contribution in [1.82, 2.24) is 0 Å². The van der Waals surface area contributed by atoms with E-state index in [0.717, 1.165) is 43.2 Å². The lowest BCUT2D eigenvalue weighted by Crippen LogP contribution is -2.52. The maximum atomic E-state index is 11.5. The smallest absolute Gasteiger partial charge is 0.331 e. The molecule has 0 aromatic heterocycles. The first-order chi connectivity index (χ1) is 14.6. The van der Waals surface area contributed by atoms with Gasteiger partial charge in [0.1, 0.15) is 6.10 Å². The van der Waals surface area contributed by atoms with E-state index in [1.54, 1.807) is 5.57 Å². The van der Waals surface area contributed by atoms with Crippen molar-refractivity contribution in [2.75, 3.05) is 0 Å². The molecule has 0 amide bonds. The minimum Gasteiger partial charge on any atom is -0.462 e. The molecule has 31 heavy (non-hydrogen) atoms. The van der Waals surface area contributed by atoms with Crippen molar-refractivity contribution in [3.05, 3.63) is 11.6 Å². The van der Waals surface area contributed by atoms with Crippen molar-refractivity contribution in [3.8, 4) is 0 Å². The van der Waals surface area contributed by atoms with Crippen LogP contribution < -0.4 is 0 Å². The van der Waals surface area contributed by atoms with E-state index in [4.69, 9.17) is 9.57 Å². The van der Waals surface area contributed by atoms with Gasteiger partial charge in [-0.05, 0) is 86.4 Å². The highest BCUT2D eigenvalue weighted by Crippen LogP contribution is 2.80. The largest absolute Gasteiger partial charge is 0.462 e. The van der Waals surface area contributed by atoms with E-state index in [-0.39, 0.29) is 34.3 Å². The SMILES string of the molecule is CC(=O)O/N=C(/C)[C@@]12C[C@@H]1C[C@H]1[C@@H]3CC=C4C[C@@H](OC(C)=O)CC[C@]4(C)[C@H]3CC[C@@]12C. The molecule has 0 heterocycles. The van der Waals surface area contributed by atoms with Crippen LogP contribution in [0, 0.1) is 39.9 Å². The summed E-state index contributed by atoms with van der Waals surface area (Å²) in [5, 5.41) is 4.28. The molecule has 0 bridgehead atoms. The molecule has 170 valence electrons. The van der Waals surface area contributed by atoms with E-state index in [2.05, 4.69) is 32.0 Å². The molecule has 8 atom stereocenters. The first kappa shape index (κ1) is 21.2. The maximum absolute atomic E-state index is 11.5. The van der Waals surface area contributed by atoms with Gasteiger partial charge in [-0.25, -0.2) is 4.79 Å². The van der Waals surface area contributed by atoms with Gasteiger partial charge < -0.3 is 9.57 Å². The predicted octanol–water partition coefficient (Wildman–Crippen LogP) is 5.44. The van der Waals surface area contributed by atoms with Gasteiger partial charge in [0.15, 0.2) is 0 Å². The van der Waals surface area contributed by atoms with Crippen molar-refractivity contribution in [3.63, 3.8) is 0 Å². The van der Waals surface area contributed by atoms with Crippen LogP contribution in [0.1, 0.15) is 86.0 Å². The minimum atomic E-state index is -0.335. The number of carbonyl (C=O) groups is 2. The van der Waals surface area contributed by atoms with Gasteiger partial charge in [-0.2, -0.15) is 0 Å². The average molecular weight is 428 g/mol. The highest BCUT2D eigenvalue weighted by molar-refractivity contribution is 5.92. The predicted molar refractivity (Wildman–Crippen MR) is 118 cm³/mol. The molecule has 0 aromatic carbocycles. The van der Waals surface area contributed by atoms with Crippen molar-refractivity contribution >= 4 is 17.7 Å². The van der Waals surface area contributed by atoms with Gasteiger partial charge in [0, 0.05) is 25.7 Å². The van der Waals surface area contributed by atoms with Gasteiger partial charge in [-0.3, -0.25) is 4.79 Å². The van der Waals surface area contributed by atoms with Crippen LogP contribution in [0.25, 0.3) is 0 Å². The van der Waals surface area contributed by atoms with E-state index in [1.807, 2.05) is 0 Å². The van der Waals surface area contributed by atoms with Crippen LogP contribution in [0.2, 0.25) is 0 Å². The molecule has 0 unspecified atom stereocenters. The first-order valence-electron chi connectivity index (χ1n) is 12.2. The molecular formula is C26H37NO4. The van der Waals surface area contributed by atoms with Crippen LogP contribution in [0.5, 0.6) is 0 Å². The van der Waals surface area contributed by atoms with E-state index >= 15 is 0 Å². The molecule has 0 saturated heterocycles. The number of ether oxygens (including phenoxy) is 1. The summed E-state index contributed by atoms with van der Waals surface area (Å²) >= 11 is 0. The zero-order chi connectivity index (χ0) is 22.2. The van der Waals surface area contributed by atoms with Crippen molar-refractivity contribution in [1.29, 1.82) is 0 Å². The molecular weight excluding hydrogens is 390 g/mol. The monoisotopic (exact) mass is 427 g/mol. The first-order valence-corrected chi connectivity index (χ1v) is 12.2. The summed E-state index contributed by atoms with van der Waals surface area (Å²) < 4.78 is 5.58. The summed E-state index contributed by atoms with van der Waals surface area (Å²) in [4.78, 5) is 27.9. The second-order valence-corrected chi connectivity index (χ2v) is 11.6. The highest BCUT2D eigenvalue weighted by Gasteiger charge is 2.76. The Balaban J connectivity index is 1.40. The number of allylic oxidation sites excluding steroid dienone is 1. The fourth-order valence-corrected chi connectivity index (χ4v) is 8.96. The van der Waals surface area contributed by atoms with Crippen LogP contribution in [0.15, 0.2) is 16.8 Å². The topological polar surface area (TPSA) is 65.0 Å². The third-order valence-electron chi connectivity index (χ3n) is 10.4. The number of hydrogen-bond donors (Lipinski definition) is 0. The van der Waals surface area contributed by atoms with Crippen molar-refractivity contribution < 1.29 is 19.2 Å². The Morgan fingerprint density at radius 2 is 1.84 bits per heavy atom. The Bertz CT molecular complexity index is 877. The van der Waals surface area contributed by atoms with Crippen LogP contribution in [-0.2, 0) is 19.2 Å². The molecule has 0 aromatic rings. The van der Waals surface area contributed by atoms with Gasteiger partial charge in [-0.1, -0.05) is 30.7 Å². The van der Waals surface area contributed by atoms with Gasteiger partial charge in [-0.15, -0.1) is 0 Å². The number of oxime groups is 1. The standard InChI is InChI=1S/C26H37NO4/c1-15(27-31-17(3)29)26-14-19(26)13-23-21-7-6-18-12-20(30-16(2)28)8-10-24(18,4)22(21)9-11-25(23,26)5/h6,19-23H,7-14H2,1-5H3/b27-15-/t19-,20-,21+,22-,23-,24-,25-,26-/m0/s1. The molecule has 5 aliphatic rings. The summed E-state index contributed by atoms with van der Waals surface area (Å²) in [6.45, 7) is 10.0. The molecule has 5 nitrogen and oxygen atoms in total. The fraction of sp³-hybridized carbons (Fsp3) is 0.808. The van der Waals surface area contributed by atoms with E-state index in [1.165, 1.54) is 39.5 Å². The number of fused-ring (bicyclic) bond motifs is 7. The lowest BCUT2D eigenvalue weighted by molar-refractivity contribution is -0.148. The quantitative estimate of drug-likeness (QED) is 0.198. The molecule has 5 aliphatic carbocycles. The summed E-state index contributed by atoms with van der Waals surface area (Å²) in [7, 11) is 0. The normalized spacial score (nSPS) is 47.8. The molecule has 5 heteroatoms. The van der Waals surface area contributed by atoms with Crippen LogP contribution in [-0.4, -0.2) is 23.8 Å². The Morgan fingerprint density at radius 1 is 1.06 bits per heavy atom. The molecule has 5 rings (SSSR count). The van der Waals surface area contributed by atoms with Crippen molar-refractivity contribution in [2.45, 2.75) is 92.1 Å².